The Balaban J connectivity index is 1.57. The Bertz CT molecular complexity index is 886. The largest absolute Gasteiger partial charge is 0.491 e. The molecule has 2 aromatic heterocycles. The molecule has 7 heteroatoms. The van der Waals surface area contributed by atoms with Crippen LogP contribution in [0.4, 0.5) is 0 Å². The van der Waals surface area contributed by atoms with Crippen LogP contribution in [0.5, 0.6) is 5.75 Å². The molecule has 134 valence electrons. The van der Waals surface area contributed by atoms with E-state index in [0.717, 1.165) is 30.2 Å². The van der Waals surface area contributed by atoms with Crippen molar-refractivity contribution >= 4 is 5.91 Å². The molecule has 0 saturated carbocycles. The average Bonchev–Trinajstić information content (AvgIpc) is 3.26. The maximum absolute atomic E-state index is 13.1. The van der Waals surface area contributed by atoms with Crippen LogP contribution < -0.4 is 4.74 Å². The Kier molecular flexibility index (Phi) is 4.43. The highest BCUT2D eigenvalue weighted by Crippen LogP contribution is 2.21. The molecule has 0 aliphatic carbocycles. The Hall–Kier alpha value is -3.09. The number of carbonyl (C=O) groups is 1. The molecule has 3 aromatic rings. The van der Waals surface area contributed by atoms with Crippen molar-refractivity contribution in [1.82, 2.24) is 24.4 Å². The minimum absolute atomic E-state index is 0.0359. The fourth-order valence-electron chi connectivity index (χ4n) is 3.23. The highest BCUT2D eigenvalue weighted by molar-refractivity contribution is 5.92. The molecule has 1 aromatic carbocycles. The molecule has 0 saturated heterocycles. The third kappa shape index (κ3) is 3.33. The number of aryl methyl sites for hydroxylation is 2. The lowest BCUT2D eigenvalue weighted by molar-refractivity contribution is 0.0583. The highest BCUT2D eigenvalue weighted by Gasteiger charge is 2.30. The summed E-state index contributed by atoms with van der Waals surface area (Å²) in [5, 5.41) is 0. The van der Waals surface area contributed by atoms with Crippen molar-refractivity contribution in [3.8, 4) is 5.75 Å². The van der Waals surface area contributed by atoms with E-state index in [2.05, 4.69) is 19.5 Å². The third-order valence-corrected chi connectivity index (χ3v) is 4.65. The summed E-state index contributed by atoms with van der Waals surface area (Å²) in [5.41, 5.74) is 1.52. The van der Waals surface area contributed by atoms with Crippen molar-refractivity contribution in [2.75, 3.05) is 6.61 Å². The molecular formula is C19H21N5O2. The molecule has 1 aliphatic rings. The second-order valence-electron chi connectivity index (χ2n) is 6.46. The summed E-state index contributed by atoms with van der Waals surface area (Å²) < 4.78 is 8.05. The third-order valence-electron chi connectivity index (χ3n) is 4.65. The van der Waals surface area contributed by atoms with E-state index >= 15 is 0 Å². The standard InChI is InChI=1S/C19H21N5O2/c1-14-21-10-18(22-14)19(25)24-11-16-9-20-13-23(16)8-7-15(24)12-26-17-5-3-2-4-6-17/h2-6,9-10,13,15H,7-8,11-12H2,1H3,(H,21,22)/t15-/m1/s1. The van der Waals surface area contributed by atoms with Gasteiger partial charge >= 0.3 is 0 Å². The molecule has 26 heavy (non-hydrogen) atoms. The normalized spacial score (nSPS) is 16.8. The number of carbonyl (C=O) groups excluding carboxylic acids is 1. The number of ether oxygens (including phenoxy) is 1. The van der Waals surface area contributed by atoms with E-state index in [-0.39, 0.29) is 11.9 Å². The zero-order valence-electron chi connectivity index (χ0n) is 14.6. The van der Waals surface area contributed by atoms with Crippen molar-refractivity contribution in [1.29, 1.82) is 0 Å². The van der Waals surface area contributed by atoms with Crippen LogP contribution >= 0.6 is 0 Å². The maximum Gasteiger partial charge on any atom is 0.272 e. The van der Waals surface area contributed by atoms with Crippen LogP contribution in [0.2, 0.25) is 0 Å². The molecular weight excluding hydrogens is 330 g/mol. The van der Waals surface area contributed by atoms with Crippen molar-refractivity contribution in [2.24, 2.45) is 0 Å². The van der Waals surface area contributed by atoms with Gasteiger partial charge in [-0.15, -0.1) is 0 Å². The fraction of sp³-hybridized carbons (Fsp3) is 0.316. The number of fused-ring (bicyclic) bond motifs is 1. The zero-order chi connectivity index (χ0) is 17.9. The SMILES string of the molecule is Cc1ncc(C(=O)N2Cc3cncn3CC[C@@H]2COc2ccccc2)[nH]1. The summed E-state index contributed by atoms with van der Waals surface area (Å²) in [7, 11) is 0. The number of H-pyrrole nitrogens is 1. The smallest absolute Gasteiger partial charge is 0.272 e. The van der Waals surface area contributed by atoms with Crippen LogP contribution in [-0.2, 0) is 13.1 Å². The molecule has 7 nitrogen and oxygen atoms in total. The van der Waals surface area contributed by atoms with Crippen LogP contribution in [-0.4, -0.2) is 43.0 Å². The molecule has 1 amide bonds. The van der Waals surface area contributed by atoms with E-state index < -0.39 is 0 Å². The number of hydrogen-bond acceptors (Lipinski definition) is 4. The fourth-order valence-corrected chi connectivity index (χ4v) is 3.23. The van der Waals surface area contributed by atoms with Gasteiger partial charge < -0.3 is 19.2 Å². The van der Waals surface area contributed by atoms with Gasteiger partial charge in [0.15, 0.2) is 0 Å². The van der Waals surface area contributed by atoms with Gasteiger partial charge in [0.25, 0.3) is 5.91 Å². The number of benzene rings is 1. The number of rotatable bonds is 4. The lowest BCUT2D eigenvalue weighted by Gasteiger charge is -2.29. The van der Waals surface area contributed by atoms with Gasteiger partial charge in [-0.05, 0) is 25.5 Å². The predicted octanol–water partition coefficient (Wildman–Crippen LogP) is 2.41. The number of nitrogens with zero attached hydrogens (tertiary/aromatic N) is 4. The first-order valence-electron chi connectivity index (χ1n) is 8.70. The molecule has 0 unspecified atom stereocenters. The monoisotopic (exact) mass is 351 g/mol. The first-order chi connectivity index (χ1) is 12.7. The number of aromatic nitrogens is 4. The van der Waals surface area contributed by atoms with Gasteiger partial charge in [0.2, 0.25) is 0 Å². The molecule has 1 atom stereocenters. The van der Waals surface area contributed by atoms with Crippen LogP contribution in [0.25, 0.3) is 0 Å². The number of amides is 1. The Morgan fingerprint density at radius 3 is 2.92 bits per heavy atom. The van der Waals surface area contributed by atoms with Gasteiger partial charge in [-0.1, -0.05) is 18.2 Å². The van der Waals surface area contributed by atoms with Gasteiger partial charge in [0.05, 0.1) is 30.8 Å². The van der Waals surface area contributed by atoms with E-state index in [4.69, 9.17) is 4.74 Å². The minimum atomic E-state index is -0.0677. The van der Waals surface area contributed by atoms with Crippen LogP contribution in [0.15, 0.2) is 49.1 Å². The van der Waals surface area contributed by atoms with Gasteiger partial charge in [-0.2, -0.15) is 0 Å². The molecule has 1 aliphatic heterocycles. The number of imidazole rings is 2. The van der Waals surface area contributed by atoms with Crippen LogP contribution in [0.3, 0.4) is 0 Å². The molecule has 4 rings (SSSR count). The van der Waals surface area contributed by atoms with Crippen LogP contribution in [0, 0.1) is 6.92 Å². The first kappa shape index (κ1) is 16.4. The van der Waals surface area contributed by atoms with Gasteiger partial charge in [0, 0.05) is 12.7 Å². The topological polar surface area (TPSA) is 76.0 Å². The predicted molar refractivity (Wildman–Crippen MR) is 95.8 cm³/mol. The number of hydrogen-bond donors (Lipinski definition) is 1. The first-order valence-corrected chi connectivity index (χ1v) is 8.70. The van der Waals surface area contributed by atoms with Crippen LogP contribution in [0.1, 0.15) is 28.4 Å². The Labute approximate surface area is 151 Å². The summed E-state index contributed by atoms with van der Waals surface area (Å²) in [5.74, 6) is 1.47. The molecule has 3 heterocycles. The van der Waals surface area contributed by atoms with E-state index in [1.807, 2.05) is 54.7 Å². The van der Waals surface area contributed by atoms with E-state index in [9.17, 15) is 4.79 Å². The molecule has 0 fully saturated rings. The summed E-state index contributed by atoms with van der Waals surface area (Å²) in [6, 6.07) is 9.65. The van der Waals surface area contributed by atoms with E-state index in [0.29, 0.717) is 18.8 Å². The van der Waals surface area contributed by atoms with Gasteiger partial charge in [-0.25, -0.2) is 9.97 Å². The lowest BCUT2D eigenvalue weighted by Crippen LogP contribution is -2.42. The highest BCUT2D eigenvalue weighted by atomic mass is 16.5. The molecule has 0 bridgehead atoms. The quantitative estimate of drug-likeness (QED) is 0.783. The minimum Gasteiger partial charge on any atom is -0.491 e. The van der Waals surface area contributed by atoms with Crippen molar-refractivity contribution in [2.45, 2.75) is 32.5 Å². The Morgan fingerprint density at radius 1 is 1.31 bits per heavy atom. The molecule has 0 spiro atoms. The number of nitrogens with one attached hydrogen (secondary N) is 1. The maximum atomic E-state index is 13.1. The van der Waals surface area contributed by atoms with Crippen molar-refractivity contribution < 1.29 is 9.53 Å². The lowest BCUT2D eigenvalue weighted by atomic mass is 10.1. The summed E-state index contributed by atoms with van der Waals surface area (Å²) in [6.07, 6.45) is 6.03. The summed E-state index contributed by atoms with van der Waals surface area (Å²) >= 11 is 0. The number of aromatic amines is 1. The van der Waals surface area contributed by atoms with Crippen molar-refractivity contribution in [3.63, 3.8) is 0 Å². The average molecular weight is 351 g/mol. The van der Waals surface area contributed by atoms with Gasteiger partial charge in [0.1, 0.15) is 23.9 Å². The summed E-state index contributed by atoms with van der Waals surface area (Å²) in [4.78, 5) is 26.4. The number of para-hydroxylation sites is 1. The van der Waals surface area contributed by atoms with Gasteiger partial charge in [-0.3, -0.25) is 4.79 Å². The van der Waals surface area contributed by atoms with Crippen molar-refractivity contribution in [3.05, 3.63) is 66.3 Å². The van der Waals surface area contributed by atoms with E-state index in [1.54, 1.807) is 6.20 Å². The zero-order valence-corrected chi connectivity index (χ0v) is 14.6. The second-order valence-corrected chi connectivity index (χ2v) is 6.46. The molecule has 1 N–H and O–H groups in total. The summed E-state index contributed by atoms with van der Waals surface area (Å²) in [6.45, 7) is 3.59. The van der Waals surface area contributed by atoms with E-state index in [1.165, 1.54) is 0 Å². The Morgan fingerprint density at radius 2 is 2.15 bits per heavy atom. The molecule has 0 radical (unpaired) electrons. The second kappa shape index (κ2) is 7.03.